The van der Waals surface area contributed by atoms with Crippen molar-refractivity contribution in [3.63, 3.8) is 0 Å². The maximum absolute atomic E-state index is 13.9. The van der Waals surface area contributed by atoms with Gasteiger partial charge < -0.3 is 20.8 Å². The molecule has 4 rings (SSSR count). The van der Waals surface area contributed by atoms with E-state index in [1.165, 1.54) is 11.8 Å². The van der Waals surface area contributed by atoms with Gasteiger partial charge >= 0.3 is 5.97 Å². The lowest BCUT2D eigenvalue weighted by Crippen LogP contribution is -2.42. The number of aliphatic hydroxyl groups excluding tert-OH is 1. The third-order valence-corrected chi connectivity index (χ3v) is 11.4. The molecule has 240 valence electrons. The van der Waals surface area contributed by atoms with E-state index >= 15 is 0 Å². The predicted molar refractivity (Wildman–Crippen MR) is 174 cm³/mol. The van der Waals surface area contributed by atoms with E-state index in [1.807, 2.05) is 37.3 Å². The molecule has 0 aromatic heterocycles. The number of fused-ring (bicyclic) bond motifs is 1. The molecule has 4 N–H and O–H groups in total. The Hall–Kier alpha value is -3.67. The number of thioether (sulfide) groups is 1. The number of amides is 2. The summed E-state index contributed by atoms with van der Waals surface area (Å²) in [7, 11) is -3.75. The molecular formula is C34H40N2O7S2. The number of sulfone groups is 1. The zero-order valence-corrected chi connectivity index (χ0v) is 27.1. The van der Waals surface area contributed by atoms with Crippen LogP contribution in [0.1, 0.15) is 68.2 Å². The molecule has 9 nitrogen and oxygen atoms in total. The monoisotopic (exact) mass is 652 g/mol. The molecule has 3 aromatic rings. The molecule has 3 aromatic carbocycles. The van der Waals surface area contributed by atoms with E-state index in [-0.39, 0.29) is 16.4 Å². The summed E-state index contributed by atoms with van der Waals surface area (Å²) < 4.78 is 27.8. The van der Waals surface area contributed by atoms with Gasteiger partial charge in [-0.25, -0.2) is 8.42 Å². The largest absolute Gasteiger partial charge is 0.480 e. The van der Waals surface area contributed by atoms with Crippen LogP contribution in [0, 0.1) is 5.41 Å². The van der Waals surface area contributed by atoms with E-state index in [9.17, 15) is 27.9 Å². The molecule has 0 radical (unpaired) electrons. The molecule has 0 bridgehead atoms. The van der Waals surface area contributed by atoms with E-state index in [0.29, 0.717) is 28.9 Å². The molecule has 1 aliphatic heterocycles. The van der Waals surface area contributed by atoms with Gasteiger partial charge in [-0.1, -0.05) is 87.4 Å². The van der Waals surface area contributed by atoms with Crippen molar-refractivity contribution in [1.29, 1.82) is 0 Å². The molecule has 4 unspecified atom stereocenters. The fourth-order valence-corrected chi connectivity index (χ4v) is 9.04. The first-order valence-corrected chi connectivity index (χ1v) is 17.7. The fourth-order valence-electron chi connectivity index (χ4n) is 6.03. The first kappa shape index (κ1) is 34.2. The first-order chi connectivity index (χ1) is 21.5. The molecule has 0 saturated carbocycles. The van der Waals surface area contributed by atoms with Crippen LogP contribution >= 0.6 is 11.8 Å². The molecule has 45 heavy (non-hydrogen) atoms. The highest BCUT2D eigenvalue weighted by atomic mass is 32.2. The minimum Gasteiger partial charge on any atom is -0.480 e. The number of aliphatic hydroxyl groups is 1. The summed E-state index contributed by atoms with van der Waals surface area (Å²) in [5.41, 5.74) is 0.989. The molecule has 2 amide bonds. The normalized spacial score (nSPS) is 21.1. The van der Waals surface area contributed by atoms with Gasteiger partial charge in [-0.15, -0.1) is 11.8 Å². The zero-order valence-electron chi connectivity index (χ0n) is 25.4. The van der Waals surface area contributed by atoms with Gasteiger partial charge in [0.05, 0.1) is 22.5 Å². The quantitative estimate of drug-likeness (QED) is 0.194. The van der Waals surface area contributed by atoms with Gasteiger partial charge in [0.2, 0.25) is 11.8 Å². The number of carbonyl (C=O) groups excluding carboxylic acids is 2. The molecule has 11 heteroatoms. The van der Waals surface area contributed by atoms with E-state index in [1.54, 1.807) is 48.5 Å². The van der Waals surface area contributed by atoms with Crippen LogP contribution in [0.5, 0.6) is 0 Å². The van der Waals surface area contributed by atoms with Crippen molar-refractivity contribution >= 4 is 39.4 Å². The SMILES string of the molecule is CCCCC1(CC)CS(=O)(=O)c2ccc(SCC(=O)NC(C(=O)NCC(=O)O)c3ccccc3)cc2C(c2ccccc2)C1O. The summed E-state index contributed by atoms with van der Waals surface area (Å²) in [5, 5.41) is 26.0. The number of hydrogen-bond acceptors (Lipinski definition) is 7. The van der Waals surface area contributed by atoms with Gasteiger partial charge in [-0.3, -0.25) is 14.4 Å². The minimum atomic E-state index is -3.75. The van der Waals surface area contributed by atoms with Crippen LogP contribution in [0.15, 0.2) is 88.7 Å². The van der Waals surface area contributed by atoms with Crippen LogP contribution in [0.3, 0.4) is 0 Å². The Balaban J connectivity index is 1.63. The van der Waals surface area contributed by atoms with E-state index in [0.717, 1.165) is 18.4 Å². The molecular weight excluding hydrogens is 613 g/mol. The smallest absolute Gasteiger partial charge is 0.322 e. The predicted octanol–water partition coefficient (Wildman–Crippen LogP) is 4.70. The summed E-state index contributed by atoms with van der Waals surface area (Å²) >= 11 is 1.18. The molecule has 0 aliphatic carbocycles. The standard InChI is InChI=1S/C34H40N2O7S2/c1-3-5-18-34(4-2)22-45(42,43)27-17-16-25(19-26(27)30(32(34)40)23-12-8-6-9-13-23)44-21-28(37)36-31(24-14-10-7-11-15-24)33(41)35-20-29(38)39/h6-17,19,30-32,40H,3-5,18,20-22H2,1-2H3,(H,35,41)(H,36,37)(H,38,39). The Morgan fingerprint density at radius 2 is 1.67 bits per heavy atom. The Labute approximate surface area is 268 Å². The van der Waals surface area contributed by atoms with Crippen molar-refractivity contribution in [2.45, 2.75) is 67.4 Å². The number of rotatable bonds is 13. The van der Waals surface area contributed by atoms with Crippen LogP contribution in [-0.4, -0.2) is 60.6 Å². The average molecular weight is 653 g/mol. The van der Waals surface area contributed by atoms with Crippen molar-refractivity contribution in [3.8, 4) is 0 Å². The molecule has 0 saturated heterocycles. The number of hydrogen-bond donors (Lipinski definition) is 4. The molecule has 0 spiro atoms. The Morgan fingerprint density at radius 1 is 1.00 bits per heavy atom. The lowest BCUT2D eigenvalue weighted by atomic mass is 9.69. The van der Waals surface area contributed by atoms with Crippen molar-refractivity contribution in [3.05, 3.63) is 95.6 Å². The van der Waals surface area contributed by atoms with Gasteiger partial charge in [0.25, 0.3) is 0 Å². The third-order valence-electron chi connectivity index (χ3n) is 8.45. The molecule has 4 atom stereocenters. The van der Waals surface area contributed by atoms with Crippen LogP contribution in [0.2, 0.25) is 0 Å². The first-order valence-electron chi connectivity index (χ1n) is 15.1. The van der Waals surface area contributed by atoms with Gasteiger partial charge in [0, 0.05) is 16.2 Å². The van der Waals surface area contributed by atoms with Crippen LogP contribution < -0.4 is 10.6 Å². The maximum Gasteiger partial charge on any atom is 0.322 e. The molecule has 0 fully saturated rings. The Kier molecular flexibility index (Phi) is 11.5. The number of carboxylic acid groups (broad SMARTS) is 1. The number of nitrogens with one attached hydrogen (secondary N) is 2. The highest BCUT2D eigenvalue weighted by Gasteiger charge is 2.48. The van der Waals surface area contributed by atoms with Crippen LogP contribution in [0.4, 0.5) is 0 Å². The van der Waals surface area contributed by atoms with E-state index in [2.05, 4.69) is 17.6 Å². The number of unbranched alkanes of at least 4 members (excludes halogenated alkanes) is 1. The van der Waals surface area contributed by atoms with E-state index < -0.39 is 57.6 Å². The van der Waals surface area contributed by atoms with Crippen molar-refractivity contribution in [1.82, 2.24) is 10.6 Å². The van der Waals surface area contributed by atoms with Crippen molar-refractivity contribution in [2.75, 3.05) is 18.1 Å². The van der Waals surface area contributed by atoms with Crippen molar-refractivity contribution in [2.24, 2.45) is 5.41 Å². The number of carbonyl (C=O) groups is 3. The maximum atomic E-state index is 13.9. The second-order valence-electron chi connectivity index (χ2n) is 11.4. The third kappa shape index (κ3) is 8.14. The highest BCUT2D eigenvalue weighted by molar-refractivity contribution is 8.00. The Bertz CT molecular complexity index is 1600. The van der Waals surface area contributed by atoms with Gasteiger partial charge in [-0.05, 0) is 47.7 Å². The summed E-state index contributed by atoms with van der Waals surface area (Å²) in [5.74, 6) is -3.15. The molecule has 1 heterocycles. The van der Waals surface area contributed by atoms with Crippen LogP contribution in [-0.2, 0) is 24.2 Å². The van der Waals surface area contributed by atoms with Gasteiger partial charge in [-0.2, -0.15) is 0 Å². The number of aliphatic carboxylic acids is 1. The van der Waals surface area contributed by atoms with Crippen molar-refractivity contribution < 1.29 is 33.0 Å². The number of carboxylic acids is 1. The summed E-state index contributed by atoms with van der Waals surface area (Å²) in [4.78, 5) is 37.7. The van der Waals surface area contributed by atoms with Gasteiger partial charge in [0.15, 0.2) is 9.84 Å². The number of benzene rings is 3. The lowest BCUT2D eigenvalue weighted by molar-refractivity contribution is -0.138. The average Bonchev–Trinajstić information content (AvgIpc) is 3.11. The molecule has 1 aliphatic rings. The fraction of sp³-hybridized carbons (Fsp3) is 0.382. The lowest BCUT2D eigenvalue weighted by Gasteiger charge is -2.39. The van der Waals surface area contributed by atoms with Crippen LogP contribution in [0.25, 0.3) is 0 Å². The topological polar surface area (TPSA) is 150 Å². The Morgan fingerprint density at radius 3 is 2.29 bits per heavy atom. The highest BCUT2D eigenvalue weighted by Crippen LogP contribution is 2.49. The van der Waals surface area contributed by atoms with Gasteiger partial charge in [0.1, 0.15) is 12.6 Å². The second kappa shape index (κ2) is 15.1. The minimum absolute atomic E-state index is 0.0883. The second-order valence-corrected chi connectivity index (χ2v) is 14.4. The summed E-state index contributed by atoms with van der Waals surface area (Å²) in [6.07, 6.45) is 1.82. The van der Waals surface area contributed by atoms with E-state index in [4.69, 9.17) is 5.11 Å². The summed E-state index contributed by atoms with van der Waals surface area (Å²) in [6.45, 7) is 3.41. The zero-order chi connectivity index (χ0) is 32.6. The summed E-state index contributed by atoms with van der Waals surface area (Å²) in [6, 6.07) is 21.9.